The molecular weight excluding hydrogens is 1350 g/mol. The third-order valence-electron chi connectivity index (χ3n) is 17.5. The highest BCUT2D eigenvalue weighted by Gasteiger charge is 2.30. The molecule has 0 aliphatic heterocycles. The number of ether oxygens (including phenoxy) is 4. The van der Waals surface area contributed by atoms with Crippen molar-refractivity contribution in [2.24, 2.45) is 0 Å². The molecule has 0 aliphatic carbocycles. The normalized spacial score (nSPS) is 14.3. The van der Waals surface area contributed by atoms with Crippen LogP contribution in [0.25, 0.3) is 0 Å². The van der Waals surface area contributed by atoms with Crippen LogP contribution in [-0.4, -0.2) is 96.7 Å². The molecule has 0 rings (SSSR count). The van der Waals surface area contributed by atoms with E-state index in [0.29, 0.717) is 32.1 Å². The molecule has 19 heteroatoms. The van der Waals surface area contributed by atoms with E-state index in [1.165, 1.54) is 135 Å². The van der Waals surface area contributed by atoms with E-state index in [9.17, 15) is 43.2 Å². The molecule has 0 amide bonds. The Morgan fingerprint density at radius 3 is 0.837 bits per heavy atom. The SMILES string of the molecule is CC/C=C\C/C=C\C/C=C\C/C=C\C/C=C\C/C=C\CCC(=O)O[C@H](COC(=O)CCCCCCC/C=C\CCCCCCCC)COP(=O)(O)OC[C@@H](O)COP(=O)(O)OC[C@@H](COC(=O)CCCCCCCCCCCCCCCCC)OC(=O)CCCCCCCCC/C=C\CCCCCC. The number of allylic oxidation sites excluding steroid dienone is 16. The number of carbonyl (C=O) groups is 4. The van der Waals surface area contributed by atoms with Crippen LogP contribution >= 0.6 is 15.6 Å². The van der Waals surface area contributed by atoms with E-state index in [1.54, 1.807) is 0 Å². The van der Waals surface area contributed by atoms with E-state index in [4.69, 9.17) is 37.0 Å². The van der Waals surface area contributed by atoms with Gasteiger partial charge >= 0.3 is 39.5 Å². The van der Waals surface area contributed by atoms with Crippen molar-refractivity contribution >= 4 is 39.5 Å². The zero-order valence-electron chi connectivity index (χ0n) is 65.9. The largest absolute Gasteiger partial charge is 0.472 e. The molecule has 2 unspecified atom stereocenters. The molecule has 3 N–H and O–H groups in total. The van der Waals surface area contributed by atoms with E-state index < -0.39 is 97.5 Å². The average Bonchev–Trinajstić information content (AvgIpc) is 0.943. The lowest BCUT2D eigenvalue weighted by atomic mass is 10.0. The highest BCUT2D eigenvalue weighted by molar-refractivity contribution is 7.47. The van der Waals surface area contributed by atoms with E-state index >= 15 is 0 Å². The Kier molecular flexibility index (Phi) is 74.2. The molecule has 0 aromatic rings. The van der Waals surface area contributed by atoms with E-state index in [-0.39, 0.29) is 25.7 Å². The summed E-state index contributed by atoms with van der Waals surface area (Å²) in [6.45, 7) is 4.71. The van der Waals surface area contributed by atoms with Crippen molar-refractivity contribution < 1.29 is 80.2 Å². The predicted molar refractivity (Wildman–Crippen MR) is 427 cm³/mol. The van der Waals surface area contributed by atoms with E-state index in [1.807, 2.05) is 18.2 Å². The average molecular weight is 1510 g/mol. The van der Waals surface area contributed by atoms with Gasteiger partial charge in [-0.05, 0) is 116 Å². The Morgan fingerprint density at radius 1 is 0.279 bits per heavy atom. The van der Waals surface area contributed by atoms with Gasteiger partial charge in [-0.3, -0.25) is 37.3 Å². The van der Waals surface area contributed by atoms with Crippen LogP contribution < -0.4 is 0 Å². The standard InChI is InChI=1S/C85H150O17P2/c1-5-9-13-17-21-25-29-33-37-38-39-40-44-48-52-56-60-64-68-72-85(90)102-81(76-96-83(88)70-66-62-58-54-50-46-42-35-31-27-23-19-15-11-7-3)78-100-104(93,94)98-74-79(86)73-97-103(91,92)99-77-80(101-84(89)71-67-63-59-55-51-47-43-36-32-28-24-20-16-12-8-4)75-95-82(87)69-65-61-57-53-49-45-41-34-30-26-22-18-14-10-6-2/h9,13,21,25,28,32-33,35,37,39-40,42,48,52,60,64,79-81,86H,5-8,10-12,14-20,22-24,26-27,29-31,34,36,38,41,43-47,49-51,53-59,61-63,65-78H2,1-4H3,(H,91,92)(H,93,94)/b13-9-,25-21-,32-28-,37-33-,40-39-,42-35-,52-48-,64-60-/t79-,80+,81+/m0/s1. The van der Waals surface area contributed by atoms with Gasteiger partial charge in [0.25, 0.3) is 0 Å². The molecule has 5 atom stereocenters. The van der Waals surface area contributed by atoms with Gasteiger partial charge in [-0.15, -0.1) is 0 Å². The molecule has 0 aromatic carbocycles. The molecule has 0 heterocycles. The fourth-order valence-corrected chi connectivity index (χ4v) is 12.8. The Bertz CT molecular complexity index is 2350. The van der Waals surface area contributed by atoms with E-state index in [2.05, 4.69) is 107 Å². The number of unbranched alkanes of at least 4 members (excludes halogenated alkanes) is 36. The fraction of sp³-hybridized carbons (Fsp3) is 0.765. The minimum atomic E-state index is -5.00. The molecule has 0 bridgehead atoms. The number of hydrogen-bond acceptors (Lipinski definition) is 15. The monoisotopic (exact) mass is 1510 g/mol. The quantitative estimate of drug-likeness (QED) is 0.0169. The number of esters is 4. The van der Waals surface area contributed by atoms with Crippen molar-refractivity contribution in [3.63, 3.8) is 0 Å². The van der Waals surface area contributed by atoms with Crippen molar-refractivity contribution in [2.45, 2.75) is 380 Å². The van der Waals surface area contributed by atoms with Crippen molar-refractivity contribution in [3.05, 3.63) is 97.2 Å². The van der Waals surface area contributed by atoms with Crippen molar-refractivity contribution in [2.75, 3.05) is 39.6 Å². The summed E-state index contributed by atoms with van der Waals surface area (Å²) in [6.07, 6.45) is 82.5. The summed E-state index contributed by atoms with van der Waals surface area (Å²) in [7, 11) is -9.98. The summed E-state index contributed by atoms with van der Waals surface area (Å²) in [6, 6.07) is 0. The lowest BCUT2D eigenvalue weighted by Gasteiger charge is -2.21. The maximum Gasteiger partial charge on any atom is 0.472 e. The summed E-state index contributed by atoms with van der Waals surface area (Å²) in [5.74, 6) is -2.26. The molecule has 602 valence electrons. The second kappa shape index (κ2) is 77.1. The number of aliphatic hydroxyl groups excluding tert-OH is 1. The summed E-state index contributed by atoms with van der Waals surface area (Å²) in [4.78, 5) is 73.1. The predicted octanol–water partition coefficient (Wildman–Crippen LogP) is 24.3. The first-order valence-corrected chi connectivity index (χ1v) is 44.5. The maximum atomic E-state index is 13.1. The van der Waals surface area contributed by atoms with Gasteiger partial charge in [0.2, 0.25) is 0 Å². The van der Waals surface area contributed by atoms with Crippen LogP contribution in [0, 0.1) is 0 Å². The smallest absolute Gasteiger partial charge is 0.462 e. The lowest BCUT2D eigenvalue weighted by molar-refractivity contribution is -0.161. The van der Waals surface area contributed by atoms with Crippen LogP contribution in [-0.2, 0) is 65.4 Å². The molecule has 0 spiro atoms. The van der Waals surface area contributed by atoms with Gasteiger partial charge in [-0.25, -0.2) is 9.13 Å². The second-order valence-electron chi connectivity index (χ2n) is 27.7. The van der Waals surface area contributed by atoms with Gasteiger partial charge in [0, 0.05) is 25.7 Å². The van der Waals surface area contributed by atoms with Crippen LogP contribution in [0.1, 0.15) is 362 Å². The van der Waals surface area contributed by atoms with Crippen LogP contribution in [0.15, 0.2) is 97.2 Å². The topological polar surface area (TPSA) is 237 Å². The summed E-state index contributed by atoms with van der Waals surface area (Å²) >= 11 is 0. The first kappa shape index (κ1) is 100.0. The maximum absolute atomic E-state index is 13.1. The molecule has 0 aromatic heterocycles. The fourth-order valence-electron chi connectivity index (χ4n) is 11.2. The Labute approximate surface area is 633 Å². The van der Waals surface area contributed by atoms with Gasteiger partial charge in [0.15, 0.2) is 12.2 Å². The van der Waals surface area contributed by atoms with Crippen LogP contribution in [0.2, 0.25) is 0 Å². The minimum absolute atomic E-state index is 0.0311. The lowest BCUT2D eigenvalue weighted by Crippen LogP contribution is -2.30. The number of rotatable bonds is 78. The van der Waals surface area contributed by atoms with Crippen molar-refractivity contribution in [1.29, 1.82) is 0 Å². The molecule has 0 radical (unpaired) electrons. The Balaban J connectivity index is 5.42. The number of carbonyl (C=O) groups excluding carboxylic acids is 4. The van der Waals surface area contributed by atoms with Crippen LogP contribution in [0.5, 0.6) is 0 Å². The van der Waals surface area contributed by atoms with Gasteiger partial charge in [-0.2, -0.15) is 0 Å². The zero-order valence-corrected chi connectivity index (χ0v) is 67.7. The molecule has 17 nitrogen and oxygen atoms in total. The third kappa shape index (κ3) is 76.2. The number of hydrogen-bond donors (Lipinski definition) is 3. The third-order valence-corrected chi connectivity index (χ3v) is 19.4. The summed E-state index contributed by atoms with van der Waals surface area (Å²) < 4.78 is 68.6. The Hall–Kier alpha value is -4.02. The van der Waals surface area contributed by atoms with Crippen LogP contribution in [0.3, 0.4) is 0 Å². The number of aliphatic hydroxyl groups is 1. The molecule has 0 fully saturated rings. The highest BCUT2D eigenvalue weighted by Crippen LogP contribution is 2.45. The van der Waals surface area contributed by atoms with Crippen molar-refractivity contribution in [1.82, 2.24) is 0 Å². The Morgan fingerprint density at radius 2 is 0.519 bits per heavy atom. The first-order valence-electron chi connectivity index (χ1n) is 41.5. The van der Waals surface area contributed by atoms with Gasteiger partial charge < -0.3 is 33.8 Å². The molecule has 0 saturated heterocycles. The zero-order chi connectivity index (χ0) is 76.0. The summed E-state index contributed by atoms with van der Waals surface area (Å²) in [5.41, 5.74) is 0. The first-order chi connectivity index (χ1) is 50.7. The molecule has 104 heavy (non-hydrogen) atoms. The van der Waals surface area contributed by atoms with E-state index in [0.717, 1.165) is 141 Å². The number of phosphoric ester groups is 2. The van der Waals surface area contributed by atoms with Gasteiger partial charge in [-0.1, -0.05) is 318 Å². The van der Waals surface area contributed by atoms with Gasteiger partial charge in [0.05, 0.1) is 26.4 Å². The molecular formula is C85H150O17P2. The van der Waals surface area contributed by atoms with Crippen LogP contribution in [0.4, 0.5) is 0 Å². The molecule has 0 saturated carbocycles. The number of phosphoric acid groups is 2. The van der Waals surface area contributed by atoms with Gasteiger partial charge in [0.1, 0.15) is 19.3 Å². The minimum Gasteiger partial charge on any atom is -0.462 e. The second-order valence-corrected chi connectivity index (χ2v) is 30.6. The summed E-state index contributed by atoms with van der Waals surface area (Å²) in [5, 5.41) is 10.7. The molecule has 0 aliphatic rings. The highest BCUT2D eigenvalue weighted by atomic mass is 31.2. The van der Waals surface area contributed by atoms with Crippen molar-refractivity contribution in [3.8, 4) is 0 Å².